The van der Waals surface area contributed by atoms with Crippen molar-refractivity contribution in [3.8, 4) is 0 Å². The van der Waals surface area contributed by atoms with Gasteiger partial charge in [0.25, 0.3) is 0 Å². The maximum Gasteiger partial charge on any atom is 0.312 e. The lowest BCUT2D eigenvalue weighted by atomic mass is 10.1. The summed E-state index contributed by atoms with van der Waals surface area (Å²) in [6.45, 7) is 0.220. The Morgan fingerprint density at radius 2 is 1.82 bits per heavy atom. The number of hydrogen-bond acceptors (Lipinski definition) is 3. The second kappa shape index (κ2) is 6.95. The first-order valence-electron chi connectivity index (χ1n) is 6.58. The zero-order chi connectivity index (χ0) is 16.1. The summed E-state index contributed by atoms with van der Waals surface area (Å²) < 4.78 is 0. The molecular formula is C16H15ClN2O3. The largest absolute Gasteiger partial charge is 0.481 e. The molecule has 0 saturated heterocycles. The highest BCUT2D eigenvalue weighted by Crippen LogP contribution is 2.29. The van der Waals surface area contributed by atoms with Gasteiger partial charge in [0.1, 0.15) is 6.42 Å². The minimum atomic E-state index is -1.19. The Kier molecular flexibility index (Phi) is 5.01. The monoisotopic (exact) mass is 318 g/mol. The number of rotatable bonds is 5. The van der Waals surface area contributed by atoms with Crippen LogP contribution in [0.15, 0.2) is 48.5 Å². The predicted molar refractivity (Wildman–Crippen MR) is 85.7 cm³/mol. The summed E-state index contributed by atoms with van der Waals surface area (Å²) in [6.07, 6.45) is -0.612. The minimum absolute atomic E-state index is 0.220. The lowest BCUT2D eigenvalue weighted by Gasteiger charge is -2.24. The summed E-state index contributed by atoms with van der Waals surface area (Å²) >= 11 is 5.96. The summed E-state index contributed by atoms with van der Waals surface area (Å²) in [5.74, 6) is -1.74. The van der Waals surface area contributed by atoms with Gasteiger partial charge in [-0.2, -0.15) is 0 Å². The molecule has 0 unspecified atom stereocenters. The normalized spacial score (nSPS) is 10.2. The van der Waals surface area contributed by atoms with Gasteiger partial charge in [-0.25, -0.2) is 0 Å². The average molecular weight is 319 g/mol. The van der Waals surface area contributed by atoms with Crippen LogP contribution in [0.2, 0.25) is 5.02 Å². The SMILES string of the molecule is Nc1ccc(Cl)cc1N(Cc1ccccc1)C(=O)CC(=O)O. The molecule has 0 saturated carbocycles. The van der Waals surface area contributed by atoms with Gasteiger partial charge in [0.2, 0.25) is 5.91 Å². The molecule has 2 aromatic carbocycles. The number of amides is 1. The Balaban J connectivity index is 2.38. The number of carbonyl (C=O) groups is 2. The molecule has 0 radical (unpaired) electrons. The van der Waals surface area contributed by atoms with Crippen LogP contribution >= 0.6 is 11.6 Å². The van der Waals surface area contributed by atoms with Gasteiger partial charge in [0.15, 0.2) is 0 Å². The van der Waals surface area contributed by atoms with Gasteiger partial charge in [-0.05, 0) is 23.8 Å². The van der Waals surface area contributed by atoms with Crippen molar-refractivity contribution >= 4 is 34.9 Å². The van der Waals surface area contributed by atoms with Crippen molar-refractivity contribution in [2.24, 2.45) is 0 Å². The first-order chi connectivity index (χ1) is 10.5. The zero-order valence-electron chi connectivity index (χ0n) is 11.7. The van der Waals surface area contributed by atoms with Crippen LogP contribution < -0.4 is 10.6 Å². The minimum Gasteiger partial charge on any atom is -0.481 e. The van der Waals surface area contributed by atoms with Crippen molar-refractivity contribution in [3.05, 3.63) is 59.1 Å². The van der Waals surface area contributed by atoms with Crippen LogP contribution in [0.1, 0.15) is 12.0 Å². The molecule has 0 aromatic heterocycles. The fourth-order valence-corrected chi connectivity index (χ4v) is 2.22. The van der Waals surface area contributed by atoms with Crippen molar-refractivity contribution in [2.45, 2.75) is 13.0 Å². The number of nitrogen functional groups attached to an aromatic ring is 1. The average Bonchev–Trinajstić information content (AvgIpc) is 2.48. The zero-order valence-corrected chi connectivity index (χ0v) is 12.5. The molecule has 2 rings (SSSR count). The quantitative estimate of drug-likeness (QED) is 0.656. The Morgan fingerprint density at radius 1 is 1.14 bits per heavy atom. The maximum atomic E-state index is 12.3. The molecule has 0 aliphatic carbocycles. The molecule has 3 N–H and O–H groups in total. The summed E-state index contributed by atoms with van der Waals surface area (Å²) in [5.41, 5.74) is 7.54. The molecule has 2 aromatic rings. The lowest BCUT2D eigenvalue weighted by molar-refractivity contribution is -0.140. The third kappa shape index (κ3) is 3.99. The van der Waals surface area contributed by atoms with E-state index in [9.17, 15) is 9.59 Å². The van der Waals surface area contributed by atoms with Crippen LogP contribution in [0.25, 0.3) is 0 Å². The van der Waals surface area contributed by atoms with E-state index in [0.29, 0.717) is 16.4 Å². The van der Waals surface area contributed by atoms with E-state index in [2.05, 4.69) is 0 Å². The van der Waals surface area contributed by atoms with Gasteiger partial charge in [-0.15, -0.1) is 0 Å². The van der Waals surface area contributed by atoms with Crippen LogP contribution in [0.5, 0.6) is 0 Å². The smallest absolute Gasteiger partial charge is 0.312 e. The Morgan fingerprint density at radius 3 is 2.45 bits per heavy atom. The van der Waals surface area contributed by atoms with E-state index in [1.54, 1.807) is 18.2 Å². The molecule has 0 aliphatic rings. The molecule has 1 amide bonds. The van der Waals surface area contributed by atoms with E-state index in [1.807, 2.05) is 30.3 Å². The van der Waals surface area contributed by atoms with Crippen LogP contribution in [0.4, 0.5) is 11.4 Å². The van der Waals surface area contributed by atoms with Crippen LogP contribution in [-0.2, 0) is 16.1 Å². The number of carboxylic acid groups (broad SMARTS) is 1. The van der Waals surface area contributed by atoms with E-state index in [-0.39, 0.29) is 6.54 Å². The number of aliphatic carboxylic acids is 1. The number of carbonyl (C=O) groups excluding carboxylic acids is 1. The topological polar surface area (TPSA) is 83.6 Å². The number of nitrogens with zero attached hydrogens (tertiary/aromatic N) is 1. The molecule has 0 fully saturated rings. The maximum absolute atomic E-state index is 12.3. The number of nitrogens with two attached hydrogens (primary N) is 1. The molecule has 0 spiro atoms. The van der Waals surface area contributed by atoms with Crippen LogP contribution in [0, 0.1) is 0 Å². The highest BCUT2D eigenvalue weighted by atomic mass is 35.5. The van der Waals surface area contributed by atoms with Crippen molar-refractivity contribution in [3.63, 3.8) is 0 Å². The third-order valence-corrected chi connectivity index (χ3v) is 3.31. The van der Waals surface area contributed by atoms with Gasteiger partial charge in [-0.1, -0.05) is 41.9 Å². The first-order valence-corrected chi connectivity index (χ1v) is 6.96. The van der Waals surface area contributed by atoms with Crippen molar-refractivity contribution in [1.82, 2.24) is 0 Å². The molecule has 5 nitrogen and oxygen atoms in total. The number of benzene rings is 2. The van der Waals surface area contributed by atoms with Crippen molar-refractivity contribution in [1.29, 1.82) is 0 Å². The third-order valence-electron chi connectivity index (χ3n) is 3.07. The standard InChI is InChI=1S/C16H15ClN2O3/c17-12-6-7-13(18)14(8-12)19(15(20)9-16(21)22)10-11-4-2-1-3-5-11/h1-8H,9-10,18H2,(H,21,22). The summed E-state index contributed by atoms with van der Waals surface area (Å²) in [4.78, 5) is 24.5. The highest BCUT2D eigenvalue weighted by molar-refractivity contribution is 6.31. The second-order valence-corrected chi connectivity index (χ2v) is 5.18. The predicted octanol–water partition coefficient (Wildman–Crippen LogP) is 2.93. The molecule has 114 valence electrons. The van der Waals surface area contributed by atoms with E-state index in [0.717, 1.165) is 5.56 Å². The summed E-state index contributed by atoms with van der Waals surface area (Å²) in [6, 6.07) is 14.0. The highest BCUT2D eigenvalue weighted by Gasteiger charge is 2.21. The van der Waals surface area contributed by atoms with Gasteiger partial charge in [-0.3, -0.25) is 9.59 Å². The fourth-order valence-electron chi connectivity index (χ4n) is 2.05. The molecule has 6 heteroatoms. The summed E-state index contributed by atoms with van der Waals surface area (Å²) in [5, 5.41) is 9.29. The molecule has 0 aliphatic heterocycles. The van der Waals surface area contributed by atoms with E-state index >= 15 is 0 Å². The van der Waals surface area contributed by atoms with E-state index in [4.69, 9.17) is 22.4 Å². The number of anilines is 2. The van der Waals surface area contributed by atoms with Gasteiger partial charge < -0.3 is 15.7 Å². The van der Waals surface area contributed by atoms with E-state index in [1.165, 1.54) is 4.90 Å². The molecule has 22 heavy (non-hydrogen) atoms. The van der Waals surface area contributed by atoms with Gasteiger partial charge >= 0.3 is 5.97 Å². The Hall–Kier alpha value is -2.53. The molecule has 0 heterocycles. The second-order valence-electron chi connectivity index (χ2n) is 4.74. The fraction of sp³-hybridized carbons (Fsp3) is 0.125. The Labute approximate surface area is 132 Å². The summed E-state index contributed by atoms with van der Waals surface area (Å²) in [7, 11) is 0. The first kappa shape index (κ1) is 15.9. The van der Waals surface area contributed by atoms with Gasteiger partial charge in [0.05, 0.1) is 17.9 Å². The molecule has 0 atom stereocenters. The molecular weight excluding hydrogens is 304 g/mol. The molecule has 0 bridgehead atoms. The van der Waals surface area contributed by atoms with Crippen LogP contribution in [-0.4, -0.2) is 17.0 Å². The number of hydrogen-bond donors (Lipinski definition) is 2. The number of carboxylic acids is 1. The van der Waals surface area contributed by atoms with Crippen molar-refractivity contribution < 1.29 is 14.7 Å². The van der Waals surface area contributed by atoms with E-state index < -0.39 is 18.3 Å². The van der Waals surface area contributed by atoms with Gasteiger partial charge in [0, 0.05) is 5.02 Å². The van der Waals surface area contributed by atoms with Crippen molar-refractivity contribution in [2.75, 3.05) is 10.6 Å². The Bertz CT molecular complexity index is 689. The lowest BCUT2D eigenvalue weighted by Crippen LogP contribution is -2.32. The van der Waals surface area contributed by atoms with Crippen LogP contribution in [0.3, 0.4) is 0 Å². The number of halogens is 1.